The lowest BCUT2D eigenvalue weighted by Gasteiger charge is -2.30. The van der Waals surface area contributed by atoms with E-state index in [-0.39, 0.29) is 36.2 Å². The van der Waals surface area contributed by atoms with Crippen molar-refractivity contribution in [2.45, 2.75) is 38.8 Å². The first kappa shape index (κ1) is 16.2. The molecule has 3 nitrogen and oxygen atoms in total. The van der Waals surface area contributed by atoms with Gasteiger partial charge in [-0.1, -0.05) is 25.6 Å². The van der Waals surface area contributed by atoms with Crippen LogP contribution in [-0.4, -0.2) is 23.6 Å². The monoisotopic (exact) mass is 296 g/mol. The highest BCUT2D eigenvalue weighted by Gasteiger charge is 2.43. The normalized spacial score (nSPS) is 25.7. The third kappa shape index (κ3) is 4.97. The zero-order chi connectivity index (χ0) is 14.6. The molecule has 3 unspecified atom stereocenters. The average Bonchev–Trinajstić information content (AvgIpc) is 2.34. The van der Waals surface area contributed by atoms with Crippen molar-refractivity contribution in [1.29, 1.82) is 0 Å². The second kappa shape index (κ2) is 6.54. The van der Waals surface area contributed by atoms with E-state index in [9.17, 15) is 18.0 Å². The van der Waals surface area contributed by atoms with Gasteiger partial charge < -0.3 is 11.1 Å². The maximum Gasteiger partial charge on any atom is 0.391 e. The highest BCUT2D eigenvalue weighted by atomic mass is 32.1. The van der Waals surface area contributed by atoms with Gasteiger partial charge >= 0.3 is 6.18 Å². The van der Waals surface area contributed by atoms with Crippen molar-refractivity contribution in [1.82, 2.24) is 5.32 Å². The van der Waals surface area contributed by atoms with Crippen LogP contribution in [0.3, 0.4) is 0 Å². The van der Waals surface area contributed by atoms with Gasteiger partial charge in [0.25, 0.3) is 0 Å². The van der Waals surface area contributed by atoms with Crippen LogP contribution in [0.5, 0.6) is 0 Å². The highest BCUT2D eigenvalue weighted by molar-refractivity contribution is 7.80. The molecular weight excluding hydrogens is 277 g/mol. The molecular formula is C12H19F3N2OS. The Morgan fingerprint density at radius 2 is 2.11 bits per heavy atom. The van der Waals surface area contributed by atoms with Crippen LogP contribution in [0.2, 0.25) is 0 Å². The molecule has 7 heteroatoms. The van der Waals surface area contributed by atoms with E-state index in [0.29, 0.717) is 12.8 Å². The molecule has 3 N–H and O–H groups in total. The number of hydrogen-bond acceptors (Lipinski definition) is 2. The van der Waals surface area contributed by atoms with Gasteiger partial charge in [-0.2, -0.15) is 13.2 Å². The lowest BCUT2D eigenvalue weighted by molar-refractivity contribution is -0.186. The fourth-order valence-corrected chi connectivity index (χ4v) is 2.31. The number of carbonyl (C=O) groups excluding carboxylic acids is 1. The lowest BCUT2D eigenvalue weighted by Crippen LogP contribution is -2.40. The molecule has 3 atom stereocenters. The summed E-state index contributed by atoms with van der Waals surface area (Å²) in [5, 5.41) is 2.63. The van der Waals surface area contributed by atoms with E-state index in [4.69, 9.17) is 18.0 Å². The first-order valence-corrected chi connectivity index (χ1v) is 6.76. The Labute approximate surface area is 116 Å². The van der Waals surface area contributed by atoms with Gasteiger partial charge in [0.2, 0.25) is 5.91 Å². The summed E-state index contributed by atoms with van der Waals surface area (Å²) < 4.78 is 37.9. The fourth-order valence-electron chi connectivity index (χ4n) is 2.22. The quantitative estimate of drug-likeness (QED) is 0.783. The number of nitrogens with two attached hydrogens (primary N) is 1. The molecule has 0 heterocycles. The van der Waals surface area contributed by atoms with Crippen LogP contribution >= 0.6 is 12.2 Å². The zero-order valence-corrected chi connectivity index (χ0v) is 11.6. The number of alkyl halides is 3. The van der Waals surface area contributed by atoms with Crippen LogP contribution in [0.25, 0.3) is 0 Å². The van der Waals surface area contributed by atoms with Crippen LogP contribution in [-0.2, 0) is 4.79 Å². The van der Waals surface area contributed by atoms with Crippen LogP contribution < -0.4 is 11.1 Å². The molecule has 0 saturated heterocycles. The smallest absolute Gasteiger partial charge is 0.391 e. The van der Waals surface area contributed by atoms with E-state index in [1.807, 2.05) is 0 Å². The van der Waals surface area contributed by atoms with Gasteiger partial charge in [-0.05, 0) is 19.3 Å². The minimum atomic E-state index is -4.20. The molecule has 19 heavy (non-hydrogen) atoms. The van der Waals surface area contributed by atoms with E-state index in [0.717, 1.165) is 0 Å². The summed E-state index contributed by atoms with van der Waals surface area (Å²) in [6, 6.07) is 0. The molecule has 0 aromatic rings. The number of amides is 1. The Balaban J connectivity index is 2.46. The van der Waals surface area contributed by atoms with Crippen LogP contribution in [0.1, 0.15) is 32.6 Å². The van der Waals surface area contributed by atoms with Gasteiger partial charge in [0.1, 0.15) is 0 Å². The summed E-state index contributed by atoms with van der Waals surface area (Å²) in [7, 11) is 0. The van der Waals surface area contributed by atoms with Crippen LogP contribution in [0.4, 0.5) is 13.2 Å². The summed E-state index contributed by atoms with van der Waals surface area (Å²) in [5.41, 5.74) is 5.41. The Bertz CT molecular complexity index is 346. The van der Waals surface area contributed by atoms with E-state index < -0.39 is 18.0 Å². The largest absolute Gasteiger partial charge is 0.393 e. The SMILES string of the molecule is CC(CNC(=O)C1CCCC(C(F)(F)F)C1)C(N)=S. The van der Waals surface area contributed by atoms with E-state index in [1.54, 1.807) is 6.92 Å². The van der Waals surface area contributed by atoms with Crippen LogP contribution in [0, 0.1) is 17.8 Å². The summed E-state index contributed by atoms with van der Waals surface area (Å²) in [6.07, 6.45) is -3.24. The molecule has 1 amide bonds. The van der Waals surface area contributed by atoms with Gasteiger partial charge in [0.05, 0.1) is 10.9 Å². The molecule has 1 aliphatic carbocycles. The van der Waals surface area contributed by atoms with Crippen LogP contribution in [0.15, 0.2) is 0 Å². The van der Waals surface area contributed by atoms with Crippen molar-refractivity contribution in [2.24, 2.45) is 23.5 Å². The van der Waals surface area contributed by atoms with E-state index in [1.165, 1.54) is 0 Å². The van der Waals surface area contributed by atoms with E-state index >= 15 is 0 Å². The maximum absolute atomic E-state index is 12.6. The molecule has 1 saturated carbocycles. The Hall–Kier alpha value is -0.850. The maximum atomic E-state index is 12.6. The number of hydrogen-bond donors (Lipinski definition) is 2. The fraction of sp³-hybridized carbons (Fsp3) is 0.833. The molecule has 1 aliphatic rings. The molecule has 0 radical (unpaired) electrons. The van der Waals surface area contributed by atoms with Gasteiger partial charge in [0.15, 0.2) is 0 Å². The zero-order valence-electron chi connectivity index (χ0n) is 10.8. The highest BCUT2D eigenvalue weighted by Crippen LogP contribution is 2.39. The summed E-state index contributed by atoms with van der Waals surface area (Å²) >= 11 is 4.77. The topological polar surface area (TPSA) is 55.1 Å². The van der Waals surface area contributed by atoms with Gasteiger partial charge in [0, 0.05) is 18.4 Å². The lowest BCUT2D eigenvalue weighted by atomic mass is 9.80. The molecule has 0 aromatic heterocycles. The van der Waals surface area contributed by atoms with Gasteiger partial charge in [-0.25, -0.2) is 0 Å². The number of thiocarbonyl (C=S) groups is 1. The van der Waals surface area contributed by atoms with Crippen molar-refractivity contribution >= 4 is 23.1 Å². The Morgan fingerprint density at radius 1 is 1.47 bits per heavy atom. The van der Waals surface area contributed by atoms with Crippen molar-refractivity contribution in [2.75, 3.05) is 6.54 Å². The molecule has 0 aromatic carbocycles. The minimum Gasteiger partial charge on any atom is -0.393 e. The predicted molar refractivity (Wildman–Crippen MR) is 70.5 cm³/mol. The minimum absolute atomic E-state index is 0.114. The third-order valence-electron chi connectivity index (χ3n) is 3.58. The molecule has 0 bridgehead atoms. The summed E-state index contributed by atoms with van der Waals surface area (Å²) in [5.74, 6) is -2.39. The number of carbonyl (C=O) groups is 1. The summed E-state index contributed by atoms with van der Waals surface area (Å²) in [4.78, 5) is 12.1. The van der Waals surface area contributed by atoms with Gasteiger partial charge in [-0.3, -0.25) is 4.79 Å². The number of halogens is 3. The molecule has 110 valence electrons. The second-order valence-electron chi connectivity index (χ2n) is 5.15. The first-order valence-electron chi connectivity index (χ1n) is 6.35. The third-order valence-corrected chi connectivity index (χ3v) is 3.98. The van der Waals surface area contributed by atoms with Gasteiger partial charge in [-0.15, -0.1) is 0 Å². The average molecular weight is 296 g/mol. The Kier molecular flexibility index (Phi) is 5.58. The number of nitrogens with one attached hydrogen (secondary N) is 1. The standard InChI is InChI=1S/C12H19F3N2OS/c1-7(10(16)19)6-17-11(18)8-3-2-4-9(5-8)12(13,14)15/h7-9H,2-6H2,1H3,(H2,16,19)(H,17,18). The number of rotatable bonds is 4. The Morgan fingerprint density at radius 3 is 2.63 bits per heavy atom. The first-order chi connectivity index (χ1) is 8.71. The van der Waals surface area contributed by atoms with Crippen molar-refractivity contribution in [3.05, 3.63) is 0 Å². The second-order valence-corrected chi connectivity index (χ2v) is 5.62. The molecule has 1 rings (SSSR count). The predicted octanol–water partition coefficient (Wildman–Crippen LogP) is 2.39. The van der Waals surface area contributed by atoms with Crippen molar-refractivity contribution < 1.29 is 18.0 Å². The van der Waals surface area contributed by atoms with E-state index in [2.05, 4.69) is 5.32 Å². The molecule has 0 spiro atoms. The molecule has 1 fully saturated rings. The molecule has 0 aliphatic heterocycles. The van der Waals surface area contributed by atoms with Crippen molar-refractivity contribution in [3.8, 4) is 0 Å². The summed E-state index contributed by atoms with van der Waals surface area (Å²) in [6.45, 7) is 2.04. The van der Waals surface area contributed by atoms with Crippen molar-refractivity contribution in [3.63, 3.8) is 0 Å².